The number of methoxy groups -OCH3 is 1. The Morgan fingerprint density at radius 1 is 1.24 bits per heavy atom. The van der Waals surface area contributed by atoms with Crippen LogP contribution in [0.25, 0.3) is 0 Å². The first-order valence-corrected chi connectivity index (χ1v) is 5.18. The fraction of sp³-hybridized carbons (Fsp3) is 0.727. The van der Waals surface area contributed by atoms with Crippen molar-refractivity contribution in [2.24, 2.45) is 0 Å². The van der Waals surface area contributed by atoms with Crippen molar-refractivity contribution >= 4 is 18.3 Å². The van der Waals surface area contributed by atoms with Gasteiger partial charge in [-0.05, 0) is 27.7 Å². The number of carbonyl (C=O) groups excluding carboxylic acids is 3. The van der Waals surface area contributed by atoms with Crippen molar-refractivity contribution in [2.75, 3.05) is 7.11 Å². The first-order chi connectivity index (χ1) is 7.64. The maximum Gasteiger partial charge on any atom is 0.408 e. The van der Waals surface area contributed by atoms with Crippen molar-refractivity contribution in [3.63, 3.8) is 0 Å². The number of nitrogens with one attached hydrogen (secondary N) is 1. The number of hydrogen-bond acceptors (Lipinski definition) is 5. The molecule has 0 rings (SSSR count). The van der Waals surface area contributed by atoms with Gasteiger partial charge in [-0.2, -0.15) is 0 Å². The first kappa shape index (κ1) is 15.4. The maximum absolute atomic E-state index is 11.5. The minimum absolute atomic E-state index is 0.182. The van der Waals surface area contributed by atoms with Gasteiger partial charge in [-0.15, -0.1) is 0 Å². The third-order valence-corrected chi connectivity index (χ3v) is 1.90. The largest absolute Gasteiger partial charge is 0.467 e. The summed E-state index contributed by atoms with van der Waals surface area (Å²) in [4.78, 5) is 33.5. The number of amides is 1. The van der Waals surface area contributed by atoms with Crippen molar-refractivity contribution in [2.45, 2.75) is 45.3 Å². The van der Waals surface area contributed by atoms with Gasteiger partial charge in [0, 0.05) is 6.42 Å². The molecule has 0 aromatic carbocycles. The number of rotatable bonds is 4. The molecule has 98 valence electrons. The predicted octanol–water partition coefficient (Wildman–Crippen LogP) is 1.03. The summed E-state index contributed by atoms with van der Waals surface area (Å²) in [5, 5.41) is 2.33. The minimum Gasteiger partial charge on any atom is -0.467 e. The monoisotopic (exact) mass is 245 g/mol. The Kier molecular flexibility index (Phi) is 5.12. The molecule has 0 saturated carbocycles. The van der Waals surface area contributed by atoms with E-state index in [1.807, 2.05) is 0 Å². The van der Waals surface area contributed by atoms with Crippen LogP contribution in [0.3, 0.4) is 0 Å². The van der Waals surface area contributed by atoms with E-state index in [-0.39, 0.29) is 6.42 Å². The molecule has 0 radical (unpaired) electrons. The normalized spacial score (nSPS) is 14.4. The molecule has 0 aliphatic rings. The standard InChI is InChI=1S/C11H19NO5/c1-10(2,3)17-9(15)12-11(4,6-7-13)8(14)16-5/h7H,6H2,1-5H3,(H,12,15)/t11-/m1/s1. The Morgan fingerprint density at radius 3 is 2.12 bits per heavy atom. The second-order valence-corrected chi connectivity index (χ2v) is 4.82. The van der Waals surface area contributed by atoms with E-state index in [1.54, 1.807) is 20.8 Å². The molecule has 0 aliphatic carbocycles. The van der Waals surface area contributed by atoms with E-state index in [2.05, 4.69) is 10.1 Å². The summed E-state index contributed by atoms with van der Waals surface area (Å²) in [6, 6.07) is 0. The SMILES string of the molecule is COC(=O)[C@@](C)(CC=O)NC(=O)OC(C)(C)C. The predicted molar refractivity (Wildman–Crippen MR) is 60.5 cm³/mol. The van der Waals surface area contributed by atoms with Crippen LogP contribution in [-0.4, -0.2) is 36.6 Å². The van der Waals surface area contributed by atoms with Crippen molar-refractivity contribution < 1.29 is 23.9 Å². The Bertz CT molecular complexity index is 307. The van der Waals surface area contributed by atoms with Gasteiger partial charge in [-0.25, -0.2) is 9.59 Å². The van der Waals surface area contributed by atoms with Crippen LogP contribution in [-0.2, 0) is 19.1 Å². The van der Waals surface area contributed by atoms with E-state index in [9.17, 15) is 14.4 Å². The number of esters is 1. The van der Waals surface area contributed by atoms with E-state index in [0.29, 0.717) is 6.29 Å². The number of hydrogen-bond donors (Lipinski definition) is 1. The number of aldehydes is 1. The summed E-state index contributed by atoms with van der Waals surface area (Å²) in [5.74, 6) is -0.699. The van der Waals surface area contributed by atoms with Crippen LogP contribution in [0.15, 0.2) is 0 Å². The van der Waals surface area contributed by atoms with Crippen LogP contribution in [0, 0.1) is 0 Å². The summed E-state index contributed by atoms with van der Waals surface area (Å²) < 4.78 is 9.53. The third-order valence-electron chi connectivity index (χ3n) is 1.90. The highest BCUT2D eigenvalue weighted by Crippen LogP contribution is 2.13. The molecule has 0 aliphatic heterocycles. The van der Waals surface area contributed by atoms with Crippen LogP contribution in [0.1, 0.15) is 34.1 Å². The number of carbonyl (C=O) groups is 3. The quantitative estimate of drug-likeness (QED) is 0.591. The third kappa shape index (κ3) is 5.33. The van der Waals surface area contributed by atoms with Gasteiger partial charge in [0.15, 0.2) is 0 Å². The van der Waals surface area contributed by atoms with E-state index in [1.165, 1.54) is 14.0 Å². The lowest BCUT2D eigenvalue weighted by Crippen LogP contribution is -2.54. The van der Waals surface area contributed by atoms with Gasteiger partial charge in [-0.1, -0.05) is 0 Å². The lowest BCUT2D eigenvalue weighted by molar-refractivity contribution is -0.148. The van der Waals surface area contributed by atoms with Crippen molar-refractivity contribution in [1.82, 2.24) is 5.32 Å². The summed E-state index contributed by atoms with van der Waals surface area (Å²) in [5.41, 5.74) is -2.08. The van der Waals surface area contributed by atoms with Crippen LogP contribution in [0.5, 0.6) is 0 Å². The zero-order valence-electron chi connectivity index (χ0n) is 10.8. The zero-order chi connectivity index (χ0) is 13.7. The molecule has 0 aromatic rings. The minimum atomic E-state index is -1.40. The van der Waals surface area contributed by atoms with Crippen molar-refractivity contribution in [3.05, 3.63) is 0 Å². The van der Waals surface area contributed by atoms with Gasteiger partial charge in [0.05, 0.1) is 7.11 Å². The molecule has 1 amide bonds. The molecule has 0 saturated heterocycles. The zero-order valence-corrected chi connectivity index (χ0v) is 10.8. The fourth-order valence-corrected chi connectivity index (χ4v) is 1.11. The summed E-state index contributed by atoms with van der Waals surface area (Å²) in [7, 11) is 1.18. The molecule has 0 unspecified atom stereocenters. The van der Waals surface area contributed by atoms with Gasteiger partial charge in [0.25, 0.3) is 0 Å². The van der Waals surface area contributed by atoms with Gasteiger partial charge in [0.1, 0.15) is 17.4 Å². The molecule has 0 bridgehead atoms. The molecule has 6 nitrogen and oxygen atoms in total. The molecule has 0 spiro atoms. The molecule has 1 atom stereocenters. The summed E-state index contributed by atoms with van der Waals surface area (Å²) >= 11 is 0. The number of ether oxygens (including phenoxy) is 2. The highest BCUT2D eigenvalue weighted by Gasteiger charge is 2.37. The first-order valence-electron chi connectivity index (χ1n) is 5.18. The second kappa shape index (κ2) is 5.65. The smallest absolute Gasteiger partial charge is 0.408 e. The highest BCUT2D eigenvalue weighted by atomic mass is 16.6. The van der Waals surface area contributed by atoms with E-state index in [4.69, 9.17) is 4.74 Å². The fourth-order valence-electron chi connectivity index (χ4n) is 1.11. The van der Waals surface area contributed by atoms with E-state index in [0.717, 1.165) is 0 Å². The van der Waals surface area contributed by atoms with Gasteiger partial charge in [0.2, 0.25) is 0 Å². The molecular weight excluding hydrogens is 226 g/mol. The van der Waals surface area contributed by atoms with E-state index >= 15 is 0 Å². The maximum atomic E-state index is 11.5. The van der Waals surface area contributed by atoms with Gasteiger partial charge >= 0.3 is 12.1 Å². The Balaban J connectivity index is 4.71. The summed E-state index contributed by atoms with van der Waals surface area (Å²) in [6.45, 7) is 6.49. The molecule has 0 aromatic heterocycles. The molecule has 0 fully saturated rings. The average Bonchev–Trinajstić information content (AvgIpc) is 2.13. The number of alkyl carbamates (subject to hydrolysis) is 1. The lowest BCUT2D eigenvalue weighted by atomic mass is 9.99. The van der Waals surface area contributed by atoms with Gasteiger partial charge in [-0.3, -0.25) is 0 Å². The molecule has 0 heterocycles. The average molecular weight is 245 g/mol. The topological polar surface area (TPSA) is 81.7 Å². The Hall–Kier alpha value is -1.59. The lowest BCUT2D eigenvalue weighted by Gasteiger charge is -2.28. The summed E-state index contributed by atoms with van der Waals surface area (Å²) in [6.07, 6.45) is -0.417. The Morgan fingerprint density at radius 2 is 1.76 bits per heavy atom. The van der Waals surface area contributed by atoms with Crippen LogP contribution < -0.4 is 5.32 Å². The second-order valence-electron chi connectivity index (χ2n) is 4.82. The van der Waals surface area contributed by atoms with Crippen LogP contribution >= 0.6 is 0 Å². The van der Waals surface area contributed by atoms with Crippen LogP contribution in [0.2, 0.25) is 0 Å². The van der Waals surface area contributed by atoms with Crippen molar-refractivity contribution in [1.29, 1.82) is 0 Å². The molecule has 1 N–H and O–H groups in total. The Labute approximate surface area is 101 Å². The van der Waals surface area contributed by atoms with E-state index < -0.39 is 23.2 Å². The molecular formula is C11H19NO5. The van der Waals surface area contributed by atoms with Gasteiger partial charge < -0.3 is 19.6 Å². The highest BCUT2D eigenvalue weighted by molar-refractivity contribution is 5.87. The molecule has 6 heteroatoms. The molecule has 17 heavy (non-hydrogen) atoms. The van der Waals surface area contributed by atoms with Crippen LogP contribution in [0.4, 0.5) is 4.79 Å². The van der Waals surface area contributed by atoms with Crippen molar-refractivity contribution in [3.8, 4) is 0 Å².